The van der Waals surface area contributed by atoms with Crippen LogP contribution in [0.1, 0.15) is 34.6 Å². The van der Waals surface area contributed by atoms with Crippen LogP contribution in [-0.2, 0) is 6.54 Å². The molecular formula is C14H15NO3. The SMILES string of the molecule is C[C@@H](NCc1cc(C(=O)O)co1)c1ccccc1. The summed E-state index contributed by atoms with van der Waals surface area (Å²) in [4.78, 5) is 10.7. The Balaban J connectivity index is 1.93. The van der Waals surface area contributed by atoms with E-state index >= 15 is 0 Å². The number of nitrogens with one attached hydrogen (secondary N) is 1. The van der Waals surface area contributed by atoms with Crippen molar-refractivity contribution >= 4 is 5.97 Å². The van der Waals surface area contributed by atoms with Crippen molar-refractivity contribution in [3.05, 3.63) is 59.5 Å². The lowest BCUT2D eigenvalue weighted by molar-refractivity contribution is 0.0696. The Bertz CT molecular complexity index is 519. The highest BCUT2D eigenvalue weighted by atomic mass is 16.4. The zero-order chi connectivity index (χ0) is 13.0. The number of hydrogen-bond acceptors (Lipinski definition) is 3. The summed E-state index contributed by atoms with van der Waals surface area (Å²) in [6.45, 7) is 2.56. The van der Waals surface area contributed by atoms with E-state index in [0.29, 0.717) is 12.3 Å². The Morgan fingerprint density at radius 3 is 2.72 bits per heavy atom. The van der Waals surface area contributed by atoms with Crippen molar-refractivity contribution in [2.45, 2.75) is 19.5 Å². The van der Waals surface area contributed by atoms with E-state index in [1.165, 1.54) is 17.9 Å². The molecule has 4 nitrogen and oxygen atoms in total. The van der Waals surface area contributed by atoms with Crippen LogP contribution >= 0.6 is 0 Å². The van der Waals surface area contributed by atoms with E-state index in [2.05, 4.69) is 12.2 Å². The van der Waals surface area contributed by atoms with Gasteiger partial charge >= 0.3 is 5.97 Å². The van der Waals surface area contributed by atoms with Gasteiger partial charge in [-0.1, -0.05) is 30.3 Å². The molecule has 0 aliphatic heterocycles. The molecule has 0 bridgehead atoms. The lowest BCUT2D eigenvalue weighted by Crippen LogP contribution is -2.17. The second-order valence-electron chi connectivity index (χ2n) is 4.12. The van der Waals surface area contributed by atoms with E-state index in [1.807, 2.05) is 30.3 Å². The lowest BCUT2D eigenvalue weighted by Gasteiger charge is -2.12. The molecule has 0 saturated carbocycles. The average molecular weight is 245 g/mol. The fraction of sp³-hybridized carbons (Fsp3) is 0.214. The number of rotatable bonds is 5. The van der Waals surface area contributed by atoms with Gasteiger partial charge in [0.15, 0.2) is 0 Å². The molecule has 0 saturated heterocycles. The van der Waals surface area contributed by atoms with Crippen LogP contribution in [0.2, 0.25) is 0 Å². The van der Waals surface area contributed by atoms with Crippen LogP contribution < -0.4 is 5.32 Å². The number of hydrogen-bond donors (Lipinski definition) is 2. The number of furan rings is 1. The molecule has 2 N–H and O–H groups in total. The van der Waals surface area contributed by atoms with Gasteiger partial charge in [0.05, 0.1) is 12.1 Å². The monoisotopic (exact) mass is 245 g/mol. The van der Waals surface area contributed by atoms with Crippen molar-refractivity contribution in [2.75, 3.05) is 0 Å². The van der Waals surface area contributed by atoms with Gasteiger partial charge in [-0.2, -0.15) is 0 Å². The first kappa shape index (κ1) is 12.4. The van der Waals surface area contributed by atoms with Crippen LogP contribution in [0.5, 0.6) is 0 Å². The molecule has 1 aromatic heterocycles. The molecule has 4 heteroatoms. The predicted octanol–water partition coefficient (Wildman–Crippen LogP) is 2.83. The van der Waals surface area contributed by atoms with Crippen LogP contribution in [0.4, 0.5) is 0 Å². The van der Waals surface area contributed by atoms with E-state index in [4.69, 9.17) is 9.52 Å². The number of benzene rings is 1. The summed E-state index contributed by atoms with van der Waals surface area (Å²) in [6.07, 6.45) is 1.26. The second kappa shape index (κ2) is 5.51. The smallest absolute Gasteiger partial charge is 0.338 e. The fourth-order valence-corrected chi connectivity index (χ4v) is 1.70. The summed E-state index contributed by atoms with van der Waals surface area (Å²) < 4.78 is 5.17. The van der Waals surface area contributed by atoms with Gasteiger partial charge in [-0.3, -0.25) is 0 Å². The van der Waals surface area contributed by atoms with E-state index in [1.54, 1.807) is 0 Å². The average Bonchev–Trinajstić information content (AvgIpc) is 2.86. The molecule has 0 amide bonds. The molecule has 0 unspecified atom stereocenters. The zero-order valence-corrected chi connectivity index (χ0v) is 10.1. The molecule has 0 aliphatic carbocycles. The minimum absolute atomic E-state index is 0.180. The molecule has 1 heterocycles. The van der Waals surface area contributed by atoms with E-state index in [9.17, 15) is 4.79 Å². The molecule has 94 valence electrons. The third kappa shape index (κ3) is 2.99. The third-order valence-corrected chi connectivity index (χ3v) is 2.78. The van der Waals surface area contributed by atoms with Gasteiger partial charge in [-0.25, -0.2) is 4.79 Å². The highest BCUT2D eigenvalue weighted by Gasteiger charge is 2.09. The Labute approximate surface area is 105 Å². The Morgan fingerprint density at radius 1 is 1.39 bits per heavy atom. The van der Waals surface area contributed by atoms with Gasteiger partial charge in [0, 0.05) is 6.04 Å². The molecule has 18 heavy (non-hydrogen) atoms. The standard InChI is InChI=1S/C14H15NO3/c1-10(11-5-3-2-4-6-11)15-8-13-7-12(9-18-13)14(16)17/h2-7,9-10,15H,8H2,1H3,(H,16,17)/t10-/m1/s1. The molecule has 0 spiro atoms. The van der Waals surface area contributed by atoms with Crippen LogP contribution in [-0.4, -0.2) is 11.1 Å². The molecule has 0 radical (unpaired) electrons. The van der Waals surface area contributed by atoms with Crippen molar-refractivity contribution in [1.29, 1.82) is 0 Å². The lowest BCUT2D eigenvalue weighted by atomic mass is 10.1. The normalized spacial score (nSPS) is 12.3. The maximum Gasteiger partial charge on any atom is 0.338 e. The minimum Gasteiger partial charge on any atom is -0.478 e. The molecule has 0 aliphatic rings. The van der Waals surface area contributed by atoms with E-state index in [0.717, 1.165) is 0 Å². The fourth-order valence-electron chi connectivity index (χ4n) is 1.70. The number of aromatic carboxylic acids is 1. The summed E-state index contributed by atoms with van der Waals surface area (Å²) >= 11 is 0. The van der Waals surface area contributed by atoms with Crippen LogP contribution in [0.15, 0.2) is 47.1 Å². The number of carboxylic acid groups (broad SMARTS) is 1. The molecule has 1 aromatic carbocycles. The zero-order valence-electron chi connectivity index (χ0n) is 10.1. The van der Waals surface area contributed by atoms with Gasteiger partial charge < -0.3 is 14.8 Å². The first-order valence-corrected chi connectivity index (χ1v) is 5.76. The van der Waals surface area contributed by atoms with E-state index < -0.39 is 5.97 Å². The third-order valence-electron chi connectivity index (χ3n) is 2.78. The van der Waals surface area contributed by atoms with Crippen molar-refractivity contribution in [2.24, 2.45) is 0 Å². The first-order valence-electron chi connectivity index (χ1n) is 5.76. The maximum absolute atomic E-state index is 10.7. The Morgan fingerprint density at radius 2 is 2.11 bits per heavy atom. The Kier molecular flexibility index (Phi) is 3.79. The minimum atomic E-state index is -0.971. The molecule has 1 atom stereocenters. The Hall–Kier alpha value is -2.07. The van der Waals surface area contributed by atoms with Crippen molar-refractivity contribution < 1.29 is 14.3 Å². The second-order valence-corrected chi connectivity index (χ2v) is 4.12. The largest absolute Gasteiger partial charge is 0.478 e. The molecular weight excluding hydrogens is 230 g/mol. The molecule has 0 fully saturated rings. The quantitative estimate of drug-likeness (QED) is 0.850. The van der Waals surface area contributed by atoms with Gasteiger partial charge in [0.2, 0.25) is 0 Å². The van der Waals surface area contributed by atoms with Crippen molar-refractivity contribution in [3.63, 3.8) is 0 Å². The summed E-state index contributed by atoms with van der Waals surface area (Å²) in [6, 6.07) is 11.8. The highest BCUT2D eigenvalue weighted by molar-refractivity contribution is 5.87. The van der Waals surface area contributed by atoms with Crippen molar-refractivity contribution in [1.82, 2.24) is 5.32 Å². The summed E-state index contributed by atoms with van der Waals surface area (Å²) in [5, 5.41) is 12.1. The van der Waals surface area contributed by atoms with Gasteiger partial charge in [-0.05, 0) is 18.6 Å². The van der Waals surface area contributed by atoms with Gasteiger partial charge in [-0.15, -0.1) is 0 Å². The highest BCUT2D eigenvalue weighted by Crippen LogP contribution is 2.13. The summed E-state index contributed by atoms with van der Waals surface area (Å²) in [5.74, 6) is -0.351. The molecule has 2 aromatic rings. The number of carbonyl (C=O) groups is 1. The van der Waals surface area contributed by atoms with Crippen molar-refractivity contribution in [3.8, 4) is 0 Å². The maximum atomic E-state index is 10.7. The van der Waals surface area contributed by atoms with Gasteiger partial charge in [0.1, 0.15) is 12.0 Å². The summed E-state index contributed by atoms with van der Waals surface area (Å²) in [5.41, 5.74) is 1.36. The predicted molar refractivity (Wildman–Crippen MR) is 67.4 cm³/mol. The number of carboxylic acids is 1. The van der Waals surface area contributed by atoms with Crippen LogP contribution in [0.25, 0.3) is 0 Å². The van der Waals surface area contributed by atoms with E-state index in [-0.39, 0.29) is 11.6 Å². The van der Waals surface area contributed by atoms with Crippen LogP contribution in [0, 0.1) is 0 Å². The van der Waals surface area contributed by atoms with Crippen LogP contribution in [0.3, 0.4) is 0 Å². The first-order chi connectivity index (χ1) is 8.66. The van der Waals surface area contributed by atoms with Gasteiger partial charge in [0.25, 0.3) is 0 Å². The topological polar surface area (TPSA) is 62.5 Å². The summed E-state index contributed by atoms with van der Waals surface area (Å²) in [7, 11) is 0. The molecule has 2 rings (SSSR count).